The van der Waals surface area contributed by atoms with E-state index in [9.17, 15) is 14.4 Å². The van der Waals surface area contributed by atoms with Crippen LogP contribution in [0.4, 0.5) is 0 Å². The lowest BCUT2D eigenvalue weighted by Crippen LogP contribution is -2.63. The molecule has 1 saturated carbocycles. The molecular weight excluding hydrogens is 430 g/mol. The van der Waals surface area contributed by atoms with Gasteiger partial charge in [-0.3, -0.25) is 19.1 Å². The molecule has 1 aliphatic heterocycles. The van der Waals surface area contributed by atoms with E-state index in [0.717, 1.165) is 31.2 Å². The molecule has 8 heteroatoms. The molecule has 1 aromatic carbocycles. The highest BCUT2D eigenvalue weighted by Crippen LogP contribution is 2.27. The Hall–Kier alpha value is -3.16. The van der Waals surface area contributed by atoms with Crippen molar-refractivity contribution >= 4 is 17.7 Å². The van der Waals surface area contributed by atoms with E-state index in [1.54, 1.807) is 14.0 Å². The highest BCUT2D eigenvalue weighted by atomic mass is 16.2. The van der Waals surface area contributed by atoms with E-state index in [2.05, 4.69) is 15.7 Å². The largest absolute Gasteiger partial charge is 0.351 e. The average molecular weight is 466 g/mol. The number of hydrogen-bond donors (Lipinski definition) is 2. The van der Waals surface area contributed by atoms with Crippen LogP contribution in [-0.4, -0.2) is 57.6 Å². The smallest absolute Gasteiger partial charge is 0.272 e. The van der Waals surface area contributed by atoms with Gasteiger partial charge in [-0.1, -0.05) is 55.5 Å². The van der Waals surface area contributed by atoms with Crippen LogP contribution < -0.4 is 10.6 Å². The van der Waals surface area contributed by atoms with Crippen LogP contribution in [-0.2, 0) is 17.8 Å². The summed E-state index contributed by atoms with van der Waals surface area (Å²) in [5.74, 6) is -0.800. The standard InChI is InChI=1S/C26H35N5O3/c1-18-10-12-19(13-11-18)14-15-27-23(32)21-16-22-24(33)30(3)26(2,17-31(22)29-21)25(34)28-20-8-6-4-5-7-9-20/h10-13,16,20H,4-9,14-15,17H2,1-3H3,(H,27,32)(H,28,34)/t26-/m1/s1. The first-order valence-corrected chi connectivity index (χ1v) is 12.3. The second kappa shape index (κ2) is 9.99. The summed E-state index contributed by atoms with van der Waals surface area (Å²) in [6.07, 6.45) is 7.28. The first kappa shape index (κ1) is 24.0. The van der Waals surface area contributed by atoms with Crippen molar-refractivity contribution in [1.29, 1.82) is 0 Å². The maximum absolute atomic E-state index is 13.3. The van der Waals surface area contributed by atoms with Crippen molar-refractivity contribution in [2.45, 2.75) is 76.9 Å². The fourth-order valence-corrected chi connectivity index (χ4v) is 4.77. The van der Waals surface area contributed by atoms with Gasteiger partial charge in [0.25, 0.3) is 11.8 Å². The molecular formula is C26H35N5O3. The minimum atomic E-state index is -1.07. The van der Waals surface area contributed by atoms with Gasteiger partial charge >= 0.3 is 0 Å². The third kappa shape index (κ3) is 5.00. The molecule has 0 bridgehead atoms. The maximum atomic E-state index is 13.3. The molecule has 1 aliphatic carbocycles. The number of carbonyl (C=O) groups is 3. The number of fused-ring (bicyclic) bond motifs is 1. The van der Waals surface area contributed by atoms with Gasteiger partial charge in [0.15, 0.2) is 5.69 Å². The second-order valence-corrected chi connectivity index (χ2v) is 9.86. The number of aryl methyl sites for hydroxylation is 1. The Labute approximate surface area is 201 Å². The summed E-state index contributed by atoms with van der Waals surface area (Å²) in [4.78, 5) is 40.6. The number of aromatic nitrogens is 2. The van der Waals surface area contributed by atoms with Crippen molar-refractivity contribution in [2.24, 2.45) is 0 Å². The lowest BCUT2D eigenvalue weighted by atomic mass is 9.95. The molecule has 0 saturated heterocycles. The summed E-state index contributed by atoms with van der Waals surface area (Å²) < 4.78 is 1.50. The summed E-state index contributed by atoms with van der Waals surface area (Å²) in [6, 6.07) is 9.85. The molecule has 1 atom stereocenters. The second-order valence-electron chi connectivity index (χ2n) is 9.86. The molecule has 4 rings (SSSR count). The zero-order valence-corrected chi connectivity index (χ0v) is 20.4. The summed E-state index contributed by atoms with van der Waals surface area (Å²) >= 11 is 0. The first-order chi connectivity index (χ1) is 16.3. The van der Waals surface area contributed by atoms with E-state index in [-0.39, 0.29) is 36.0 Å². The average Bonchev–Trinajstić information content (AvgIpc) is 3.07. The van der Waals surface area contributed by atoms with Crippen molar-refractivity contribution in [2.75, 3.05) is 13.6 Å². The van der Waals surface area contributed by atoms with Crippen LogP contribution in [0.15, 0.2) is 30.3 Å². The maximum Gasteiger partial charge on any atom is 0.272 e. The highest BCUT2D eigenvalue weighted by molar-refractivity contribution is 6.01. The van der Waals surface area contributed by atoms with E-state index in [0.29, 0.717) is 18.7 Å². The summed E-state index contributed by atoms with van der Waals surface area (Å²) in [6.45, 7) is 4.48. The Bertz CT molecular complexity index is 1050. The Kier molecular flexibility index (Phi) is 7.05. The van der Waals surface area contributed by atoms with Gasteiger partial charge in [-0.25, -0.2) is 0 Å². The molecule has 1 fully saturated rings. The summed E-state index contributed by atoms with van der Waals surface area (Å²) in [5, 5.41) is 10.4. The van der Waals surface area contributed by atoms with Gasteiger partial charge in [0.2, 0.25) is 5.91 Å². The van der Waals surface area contributed by atoms with Gasteiger partial charge in [-0.2, -0.15) is 5.10 Å². The molecule has 8 nitrogen and oxygen atoms in total. The molecule has 2 aliphatic rings. The molecule has 2 heterocycles. The molecule has 0 unspecified atom stereocenters. The predicted octanol–water partition coefficient (Wildman–Crippen LogP) is 2.85. The molecule has 34 heavy (non-hydrogen) atoms. The number of hydrogen-bond acceptors (Lipinski definition) is 4. The van der Waals surface area contributed by atoms with Crippen molar-refractivity contribution in [3.63, 3.8) is 0 Å². The topological polar surface area (TPSA) is 96.3 Å². The molecule has 3 amide bonds. The lowest BCUT2D eigenvalue weighted by molar-refractivity contribution is -0.133. The van der Waals surface area contributed by atoms with Gasteiger partial charge in [0, 0.05) is 25.7 Å². The number of nitrogens with zero attached hydrogens (tertiary/aromatic N) is 3. The molecule has 182 valence electrons. The molecule has 0 radical (unpaired) electrons. The van der Waals surface area contributed by atoms with E-state index < -0.39 is 5.54 Å². The third-order valence-corrected chi connectivity index (χ3v) is 7.23. The van der Waals surface area contributed by atoms with Crippen molar-refractivity contribution in [3.8, 4) is 0 Å². The quantitative estimate of drug-likeness (QED) is 0.641. The van der Waals surface area contributed by atoms with Crippen LogP contribution in [0.1, 0.15) is 77.6 Å². The van der Waals surface area contributed by atoms with Crippen molar-refractivity contribution in [3.05, 3.63) is 52.8 Å². The Morgan fingerprint density at radius 1 is 1.12 bits per heavy atom. The van der Waals surface area contributed by atoms with Crippen LogP contribution in [0.5, 0.6) is 0 Å². The number of rotatable bonds is 6. The van der Waals surface area contributed by atoms with Crippen LogP contribution in [0.3, 0.4) is 0 Å². The van der Waals surface area contributed by atoms with Crippen LogP contribution >= 0.6 is 0 Å². The van der Waals surface area contributed by atoms with Crippen LogP contribution in [0, 0.1) is 6.92 Å². The Balaban J connectivity index is 1.42. The SMILES string of the molecule is Cc1ccc(CCNC(=O)c2cc3n(n2)C[C@](C)(C(=O)NC2CCCCCC2)N(C)C3=O)cc1. The van der Waals surface area contributed by atoms with E-state index in [1.807, 2.05) is 31.2 Å². The van der Waals surface area contributed by atoms with Gasteiger partial charge in [0.1, 0.15) is 11.2 Å². The minimum absolute atomic E-state index is 0.143. The summed E-state index contributed by atoms with van der Waals surface area (Å²) in [7, 11) is 1.65. The number of likely N-dealkylation sites (N-methyl/N-ethyl adjacent to an activating group) is 1. The number of carbonyl (C=O) groups excluding carboxylic acids is 3. The van der Waals surface area contributed by atoms with E-state index in [1.165, 1.54) is 34.1 Å². The monoisotopic (exact) mass is 465 g/mol. The van der Waals surface area contributed by atoms with Crippen molar-refractivity contribution in [1.82, 2.24) is 25.3 Å². The first-order valence-electron chi connectivity index (χ1n) is 12.3. The molecule has 0 spiro atoms. The molecule has 1 aromatic heterocycles. The third-order valence-electron chi connectivity index (χ3n) is 7.23. The zero-order valence-electron chi connectivity index (χ0n) is 20.4. The fourth-order valence-electron chi connectivity index (χ4n) is 4.77. The highest BCUT2D eigenvalue weighted by Gasteiger charge is 2.46. The Morgan fingerprint density at radius 2 is 1.79 bits per heavy atom. The minimum Gasteiger partial charge on any atom is -0.351 e. The van der Waals surface area contributed by atoms with Gasteiger partial charge in [-0.15, -0.1) is 0 Å². The predicted molar refractivity (Wildman–Crippen MR) is 130 cm³/mol. The summed E-state index contributed by atoms with van der Waals surface area (Å²) in [5.41, 5.74) is 1.78. The normalized spacial score (nSPS) is 21.0. The molecule has 2 aromatic rings. The Morgan fingerprint density at radius 3 is 2.47 bits per heavy atom. The molecule has 2 N–H and O–H groups in total. The fraction of sp³-hybridized carbons (Fsp3) is 0.538. The number of amides is 3. The van der Waals surface area contributed by atoms with Gasteiger partial charge in [0.05, 0.1) is 6.54 Å². The van der Waals surface area contributed by atoms with Crippen molar-refractivity contribution < 1.29 is 14.4 Å². The lowest BCUT2D eigenvalue weighted by Gasteiger charge is -2.41. The van der Waals surface area contributed by atoms with E-state index >= 15 is 0 Å². The number of nitrogens with one attached hydrogen (secondary N) is 2. The van der Waals surface area contributed by atoms with Gasteiger partial charge in [-0.05, 0) is 38.7 Å². The van der Waals surface area contributed by atoms with Crippen LogP contribution in [0.25, 0.3) is 0 Å². The van der Waals surface area contributed by atoms with E-state index in [4.69, 9.17) is 0 Å². The zero-order chi connectivity index (χ0) is 24.3. The number of benzene rings is 1. The van der Waals surface area contributed by atoms with Crippen LogP contribution in [0.2, 0.25) is 0 Å². The van der Waals surface area contributed by atoms with Gasteiger partial charge < -0.3 is 15.5 Å².